The smallest absolute Gasteiger partial charge is 0.417 e. The third-order valence-electron chi connectivity index (χ3n) is 5.38. The fraction of sp³-hybridized carbons (Fsp3) is 0.227. The summed E-state index contributed by atoms with van der Waals surface area (Å²) in [5.74, 6) is 0.501. The Morgan fingerprint density at radius 1 is 1.09 bits per heavy atom. The number of nitrogens with zero attached hydrogens (tertiary/aromatic N) is 4. The molecule has 0 spiro atoms. The van der Waals surface area contributed by atoms with Gasteiger partial charge in [0.25, 0.3) is 5.89 Å². The first-order valence-corrected chi connectivity index (χ1v) is 11.4. The van der Waals surface area contributed by atoms with E-state index in [2.05, 4.69) is 27.0 Å². The molecule has 1 N–H and O–H groups in total. The van der Waals surface area contributed by atoms with Gasteiger partial charge in [0, 0.05) is 29.7 Å². The third kappa shape index (κ3) is 4.78. The summed E-state index contributed by atoms with van der Waals surface area (Å²) in [4.78, 5) is 8.49. The first-order valence-electron chi connectivity index (χ1n) is 10.3. The summed E-state index contributed by atoms with van der Waals surface area (Å²) in [5.41, 5.74) is 0.681. The van der Waals surface area contributed by atoms with Crippen LogP contribution in [0.2, 0.25) is 15.1 Å². The molecule has 182 valence electrons. The van der Waals surface area contributed by atoms with Crippen molar-refractivity contribution in [2.45, 2.75) is 25.1 Å². The van der Waals surface area contributed by atoms with E-state index in [9.17, 15) is 13.2 Å². The van der Waals surface area contributed by atoms with Crippen molar-refractivity contribution in [3.8, 4) is 28.7 Å². The van der Waals surface area contributed by atoms with Crippen LogP contribution in [-0.2, 0) is 6.18 Å². The van der Waals surface area contributed by atoms with Gasteiger partial charge in [0.2, 0.25) is 5.82 Å². The van der Waals surface area contributed by atoms with Crippen LogP contribution >= 0.6 is 34.8 Å². The normalized spacial score (nSPS) is 16.5. The van der Waals surface area contributed by atoms with Gasteiger partial charge >= 0.3 is 6.18 Å². The van der Waals surface area contributed by atoms with Crippen LogP contribution in [0, 0.1) is 0 Å². The molecule has 5 rings (SSSR count). The number of rotatable bonds is 4. The van der Waals surface area contributed by atoms with E-state index in [1.165, 1.54) is 6.20 Å². The van der Waals surface area contributed by atoms with Crippen molar-refractivity contribution in [2.75, 3.05) is 6.54 Å². The Morgan fingerprint density at radius 2 is 1.89 bits per heavy atom. The summed E-state index contributed by atoms with van der Waals surface area (Å²) in [6.45, 7) is 4.50. The molecule has 1 atom stereocenters. The standard InChI is InChI=1S/C22H15Cl3F3N5O2/c1-10-2-3-12(7-29-10)34-18-6-14(23)13(5-15(18)24)19-31-21(35-32-19)17-9-33-8-11(22(26,27)28)4-16(25)20(33)30-17/h4-6,8-9,12,29H,1-3,7H2/t12-/m1/s1. The second-order valence-corrected chi connectivity index (χ2v) is 9.10. The third-order valence-corrected chi connectivity index (χ3v) is 6.27. The summed E-state index contributed by atoms with van der Waals surface area (Å²) >= 11 is 18.9. The molecule has 0 saturated carbocycles. The fourth-order valence-corrected chi connectivity index (χ4v) is 4.31. The summed E-state index contributed by atoms with van der Waals surface area (Å²) in [6.07, 6.45) is -0.868. The minimum Gasteiger partial charge on any atom is -0.487 e. The van der Waals surface area contributed by atoms with Gasteiger partial charge in [-0.1, -0.05) is 46.5 Å². The first-order chi connectivity index (χ1) is 16.6. The minimum atomic E-state index is -4.56. The molecule has 0 aliphatic carbocycles. The van der Waals surface area contributed by atoms with Crippen LogP contribution in [0.3, 0.4) is 0 Å². The second kappa shape index (κ2) is 8.92. The predicted octanol–water partition coefficient (Wildman–Crippen LogP) is 6.67. The zero-order valence-electron chi connectivity index (χ0n) is 17.7. The van der Waals surface area contributed by atoms with Gasteiger partial charge in [-0.05, 0) is 25.0 Å². The van der Waals surface area contributed by atoms with Crippen LogP contribution in [0.1, 0.15) is 18.4 Å². The van der Waals surface area contributed by atoms with Gasteiger partial charge in [-0.3, -0.25) is 0 Å². The molecule has 7 nitrogen and oxygen atoms in total. The summed E-state index contributed by atoms with van der Waals surface area (Å²) in [6, 6.07) is 3.93. The van der Waals surface area contributed by atoms with Crippen LogP contribution in [0.5, 0.6) is 5.75 Å². The molecule has 13 heteroatoms. The number of pyridine rings is 1. The van der Waals surface area contributed by atoms with Crippen molar-refractivity contribution in [3.05, 3.63) is 63.5 Å². The number of fused-ring (bicyclic) bond motifs is 1. The monoisotopic (exact) mass is 543 g/mol. The van der Waals surface area contributed by atoms with Crippen LogP contribution in [0.4, 0.5) is 13.2 Å². The number of imidazole rings is 1. The fourth-order valence-electron chi connectivity index (χ4n) is 3.61. The maximum atomic E-state index is 13.1. The molecule has 0 unspecified atom stereocenters. The van der Waals surface area contributed by atoms with Crippen LogP contribution < -0.4 is 10.1 Å². The van der Waals surface area contributed by atoms with E-state index in [0.717, 1.165) is 35.2 Å². The van der Waals surface area contributed by atoms with Crippen molar-refractivity contribution < 1.29 is 22.4 Å². The molecule has 1 aromatic carbocycles. The average Bonchev–Trinajstić information content (AvgIpc) is 3.44. The Morgan fingerprint density at radius 3 is 2.60 bits per heavy atom. The number of hydrogen-bond acceptors (Lipinski definition) is 6. The number of alkyl halides is 3. The maximum absolute atomic E-state index is 13.1. The number of benzene rings is 1. The lowest BCUT2D eigenvalue weighted by Gasteiger charge is -2.26. The number of aromatic nitrogens is 4. The molecule has 3 aromatic heterocycles. The van der Waals surface area contributed by atoms with E-state index in [-0.39, 0.29) is 39.2 Å². The quantitative estimate of drug-likeness (QED) is 0.309. The van der Waals surface area contributed by atoms with Crippen molar-refractivity contribution in [1.82, 2.24) is 24.8 Å². The van der Waals surface area contributed by atoms with Crippen molar-refractivity contribution in [3.63, 3.8) is 0 Å². The van der Waals surface area contributed by atoms with Gasteiger partial charge in [-0.2, -0.15) is 18.2 Å². The highest BCUT2D eigenvalue weighted by molar-refractivity contribution is 6.36. The zero-order chi connectivity index (χ0) is 24.9. The average molecular weight is 545 g/mol. The minimum absolute atomic E-state index is 0.0330. The molecular formula is C22H15Cl3F3N5O2. The molecule has 1 fully saturated rings. The molecule has 4 aromatic rings. The van der Waals surface area contributed by atoms with Crippen LogP contribution in [0.15, 0.2) is 47.4 Å². The van der Waals surface area contributed by atoms with Gasteiger partial charge < -0.3 is 19.0 Å². The number of ether oxygens (including phenoxy) is 1. The highest BCUT2D eigenvalue weighted by Gasteiger charge is 2.32. The number of halogens is 6. The molecule has 4 heterocycles. The molecule has 35 heavy (non-hydrogen) atoms. The molecule has 1 aliphatic heterocycles. The van der Waals surface area contributed by atoms with E-state index in [4.69, 9.17) is 44.1 Å². The summed E-state index contributed by atoms with van der Waals surface area (Å²) in [5, 5.41) is 7.49. The van der Waals surface area contributed by atoms with E-state index in [1.54, 1.807) is 12.1 Å². The van der Waals surface area contributed by atoms with E-state index in [0.29, 0.717) is 22.9 Å². The van der Waals surface area contributed by atoms with E-state index in [1.807, 2.05) is 0 Å². The van der Waals surface area contributed by atoms with Crippen LogP contribution in [-0.4, -0.2) is 32.2 Å². The van der Waals surface area contributed by atoms with E-state index < -0.39 is 11.7 Å². The van der Waals surface area contributed by atoms with Gasteiger partial charge in [-0.25, -0.2) is 4.98 Å². The first kappa shape index (κ1) is 23.8. The zero-order valence-corrected chi connectivity index (χ0v) is 19.9. The summed E-state index contributed by atoms with van der Waals surface area (Å²) in [7, 11) is 0. The number of hydrogen-bond donors (Lipinski definition) is 1. The van der Waals surface area contributed by atoms with Gasteiger partial charge in [0.1, 0.15) is 17.5 Å². The number of piperidine rings is 1. The Hall–Kier alpha value is -2.95. The molecule has 0 radical (unpaired) electrons. The molecular weight excluding hydrogens is 530 g/mol. The molecule has 1 aliphatic rings. The predicted molar refractivity (Wildman–Crippen MR) is 125 cm³/mol. The highest BCUT2D eigenvalue weighted by atomic mass is 35.5. The van der Waals surface area contributed by atoms with Crippen molar-refractivity contribution in [1.29, 1.82) is 0 Å². The number of nitrogens with one attached hydrogen (secondary N) is 1. The van der Waals surface area contributed by atoms with Gasteiger partial charge in [0.05, 0.1) is 27.2 Å². The Balaban J connectivity index is 1.42. The lowest BCUT2D eigenvalue weighted by atomic mass is 10.1. The van der Waals surface area contributed by atoms with Gasteiger partial charge in [-0.15, -0.1) is 0 Å². The largest absolute Gasteiger partial charge is 0.487 e. The topological polar surface area (TPSA) is 77.5 Å². The Kier molecular flexibility index (Phi) is 6.06. The van der Waals surface area contributed by atoms with Crippen molar-refractivity contribution in [2.24, 2.45) is 0 Å². The lowest BCUT2D eigenvalue weighted by Crippen LogP contribution is -2.35. The van der Waals surface area contributed by atoms with Gasteiger partial charge in [0.15, 0.2) is 5.65 Å². The highest BCUT2D eigenvalue weighted by Crippen LogP contribution is 2.38. The molecule has 0 amide bonds. The summed E-state index contributed by atoms with van der Waals surface area (Å²) < 4.78 is 51.7. The Labute approximate surface area is 211 Å². The molecule has 1 saturated heterocycles. The van der Waals surface area contributed by atoms with Crippen LogP contribution in [0.25, 0.3) is 28.6 Å². The maximum Gasteiger partial charge on any atom is 0.417 e. The van der Waals surface area contributed by atoms with E-state index >= 15 is 0 Å². The molecule has 0 bridgehead atoms. The second-order valence-electron chi connectivity index (χ2n) is 7.88. The SMILES string of the molecule is C=C1CC[C@@H](Oc2cc(Cl)c(-c3noc(-c4cn5cc(C(F)(F)F)cc(Cl)c5n4)n3)cc2Cl)CN1. The Bertz CT molecular complexity index is 1440. The lowest BCUT2D eigenvalue weighted by molar-refractivity contribution is -0.137. The van der Waals surface area contributed by atoms with Crippen molar-refractivity contribution >= 4 is 40.4 Å². The number of allylic oxidation sites excluding steroid dienone is 1.